The SMILES string of the molecule is CC(NCCS(C)=O)c1ccc(F)cc1O. The van der Waals surface area contributed by atoms with E-state index in [1.807, 2.05) is 6.92 Å². The molecule has 0 aliphatic rings. The quantitative estimate of drug-likeness (QED) is 0.827. The molecule has 16 heavy (non-hydrogen) atoms. The van der Waals surface area contributed by atoms with Crippen LogP contribution in [0.2, 0.25) is 0 Å². The summed E-state index contributed by atoms with van der Waals surface area (Å²) in [6, 6.07) is 3.85. The van der Waals surface area contributed by atoms with E-state index in [-0.39, 0.29) is 11.8 Å². The lowest BCUT2D eigenvalue weighted by Crippen LogP contribution is -2.23. The number of halogens is 1. The van der Waals surface area contributed by atoms with Crippen LogP contribution >= 0.6 is 0 Å². The van der Waals surface area contributed by atoms with Crippen LogP contribution in [0.1, 0.15) is 18.5 Å². The van der Waals surface area contributed by atoms with Crippen LogP contribution in [0.25, 0.3) is 0 Å². The summed E-state index contributed by atoms with van der Waals surface area (Å²) in [5.41, 5.74) is 0.642. The molecule has 0 fully saturated rings. The highest BCUT2D eigenvalue weighted by Crippen LogP contribution is 2.24. The highest BCUT2D eigenvalue weighted by molar-refractivity contribution is 7.84. The van der Waals surface area contributed by atoms with Gasteiger partial charge in [-0.25, -0.2) is 4.39 Å². The number of aromatic hydroxyl groups is 1. The molecule has 2 atom stereocenters. The van der Waals surface area contributed by atoms with Crippen molar-refractivity contribution >= 4 is 10.8 Å². The molecule has 2 unspecified atom stereocenters. The molecule has 0 saturated carbocycles. The van der Waals surface area contributed by atoms with Crippen LogP contribution in [0.15, 0.2) is 18.2 Å². The smallest absolute Gasteiger partial charge is 0.126 e. The van der Waals surface area contributed by atoms with Crippen molar-refractivity contribution < 1.29 is 13.7 Å². The highest BCUT2D eigenvalue weighted by Gasteiger charge is 2.10. The molecular weight excluding hydrogens is 229 g/mol. The van der Waals surface area contributed by atoms with Crippen molar-refractivity contribution in [2.45, 2.75) is 13.0 Å². The van der Waals surface area contributed by atoms with Crippen molar-refractivity contribution in [3.63, 3.8) is 0 Å². The lowest BCUT2D eigenvalue weighted by molar-refractivity contribution is 0.449. The van der Waals surface area contributed by atoms with E-state index >= 15 is 0 Å². The molecule has 0 aliphatic carbocycles. The number of hydrogen-bond donors (Lipinski definition) is 2. The molecular formula is C11H16FNO2S. The zero-order valence-electron chi connectivity index (χ0n) is 9.37. The third-order valence-corrected chi connectivity index (χ3v) is 3.08. The van der Waals surface area contributed by atoms with Crippen LogP contribution in [-0.4, -0.2) is 27.9 Å². The zero-order valence-corrected chi connectivity index (χ0v) is 10.2. The molecule has 5 heteroatoms. The largest absolute Gasteiger partial charge is 0.508 e. The minimum Gasteiger partial charge on any atom is -0.508 e. The molecule has 3 nitrogen and oxygen atoms in total. The fraction of sp³-hybridized carbons (Fsp3) is 0.455. The molecule has 1 aromatic carbocycles. The van der Waals surface area contributed by atoms with E-state index in [2.05, 4.69) is 5.32 Å². The summed E-state index contributed by atoms with van der Waals surface area (Å²) in [6.07, 6.45) is 1.64. The second-order valence-electron chi connectivity index (χ2n) is 3.66. The topological polar surface area (TPSA) is 49.3 Å². The monoisotopic (exact) mass is 245 g/mol. The third-order valence-electron chi connectivity index (χ3n) is 2.30. The van der Waals surface area contributed by atoms with Gasteiger partial charge in [0, 0.05) is 47.0 Å². The Balaban J connectivity index is 2.58. The van der Waals surface area contributed by atoms with E-state index < -0.39 is 16.6 Å². The summed E-state index contributed by atoms with van der Waals surface area (Å²) < 4.78 is 23.6. The van der Waals surface area contributed by atoms with Gasteiger partial charge < -0.3 is 10.4 Å². The Labute approximate surface area is 97.1 Å². The van der Waals surface area contributed by atoms with Crippen molar-refractivity contribution in [2.24, 2.45) is 0 Å². The minimum atomic E-state index is -0.832. The van der Waals surface area contributed by atoms with Gasteiger partial charge in [-0.05, 0) is 13.0 Å². The second kappa shape index (κ2) is 5.96. The maximum absolute atomic E-state index is 12.7. The number of hydrogen-bond acceptors (Lipinski definition) is 3. The Morgan fingerprint density at radius 1 is 1.56 bits per heavy atom. The normalized spacial score (nSPS) is 14.7. The molecule has 0 bridgehead atoms. The average molecular weight is 245 g/mol. The van der Waals surface area contributed by atoms with Gasteiger partial charge in [0.2, 0.25) is 0 Å². The Hall–Kier alpha value is -0.940. The average Bonchev–Trinajstić information content (AvgIpc) is 2.16. The molecule has 0 heterocycles. The van der Waals surface area contributed by atoms with Gasteiger partial charge in [-0.2, -0.15) is 0 Å². The Morgan fingerprint density at radius 2 is 2.25 bits per heavy atom. The number of benzene rings is 1. The molecule has 0 aromatic heterocycles. The van der Waals surface area contributed by atoms with E-state index in [1.165, 1.54) is 6.07 Å². The first kappa shape index (κ1) is 13.1. The molecule has 1 rings (SSSR count). The first-order chi connectivity index (χ1) is 7.50. The van der Waals surface area contributed by atoms with Gasteiger partial charge in [0.25, 0.3) is 0 Å². The van der Waals surface area contributed by atoms with E-state index in [4.69, 9.17) is 0 Å². The third kappa shape index (κ3) is 3.90. The molecule has 0 saturated heterocycles. The second-order valence-corrected chi connectivity index (χ2v) is 5.21. The van der Waals surface area contributed by atoms with Crippen LogP contribution in [0.5, 0.6) is 5.75 Å². The standard InChI is InChI=1S/C11H16FNO2S/c1-8(13-5-6-16(2)15)10-4-3-9(12)7-11(10)14/h3-4,7-8,13-14H,5-6H2,1-2H3. The summed E-state index contributed by atoms with van der Waals surface area (Å²) in [4.78, 5) is 0. The first-order valence-corrected chi connectivity index (χ1v) is 6.75. The molecule has 0 aliphatic heterocycles. The van der Waals surface area contributed by atoms with Crippen molar-refractivity contribution in [1.82, 2.24) is 5.32 Å². The summed E-state index contributed by atoms with van der Waals surface area (Å²) in [5, 5.41) is 12.6. The fourth-order valence-corrected chi connectivity index (χ4v) is 1.82. The predicted molar refractivity (Wildman–Crippen MR) is 63.4 cm³/mol. The maximum Gasteiger partial charge on any atom is 0.126 e. The van der Waals surface area contributed by atoms with Gasteiger partial charge in [-0.3, -0.25) is 4.21 Å². The molecule has 90 valence electrons. The van der Waals surface area contributed by atoms with E-state index in [1.54, 1.807) is 12.3 Å². The van der Waals surface area contributed by atoms with Crippen LogP contribution < -0.4 is 5.32 Å². The van der Waals surface area contributed by atoms with Gasteiger partial charge >= 0.3 is 0 Å². The summed E-state index contributed by atoms with van der Waals surface area (Å²) in [6.45, 7) is 2.46. The molecule has 0 amide bonds. The first-order valence-electron chi connectivity index (χ1n) is 5.02. The minimum absolute atomic E-state index is 0.0578. The van der Waals surface area contributed by atoms with Crippen LogP contribution in [0.3, 0.4) is 0 Å². The van der Waals surface area contributed by atoms with Crippen molar-refractivity contribution in [3.05, 3.63) is 29.6 Å². The Bertz CT molecular complexity index is 384. The molecule has 2 N–H and O–H groups in total. The zero-order chi connectivity index (χ0) is 12.1. The van der Waals surface area contributed by atoms with Crippen LogP contribution in [0, 0.1) is 5.82 Å². The fourth-order valence-electron chi connectivity index (χ4n) is 1.41. The van der Waals surface area contributed by atoms with E-state index in [0.717, 1.165) is 6.07 Å². The summed E-state index contributed by atoms with van der Waals surface area (Å²) >= 11 is 0. The van der Waals surface area contributed by atoms with Gasteiger partial charge in [-0.15, -0.1) is 0 Å². The van der Waals surface area contributed by atoms with Crippen molar-refractivity contribution in [3.8, 4) is 5.75 Å². The summed E-state index contributed by atoms with van der Waals surface area (Å²) in [5.74, 6) is 0.0486. The lowest BCUT2D eigenvalue weighted by atomic mass is 10.1. The maximum atomic E-state index is 12.7. The number of phenols is 1. The molecule has 1 aromatic rings. The number of nitrogens with one attached hydrogen (secondary N) is 1. The van der Waals surface area contributed by atoms with Gasteiger partial charge in [-0.1, -0.05) is 6.07 Å². The van der Waals surface area contributed by atoms with Crippen molar-refractivity contribution in [2.75, 3.05) is 18.6 Å². The summed E-state index contributed by atoms with van der Waals surface area (Å²) in [7, 11) is -0.832. The van der Waals surface area contributed by atoms with E-state index in [9.17, 15) is 13.7 Å². The van der Waals surface area contributed by atoms with Crippen LogP contribution in [0.4, 0.5) is 4.39 Å². The van der Waals surface area contributed by atoms with E-state index in [0.29, 0.717) is 17.9 Å². The van der Waals surface area contributed by atoms with Gasteiger partial charge in [0.15, 0.2) is 0 Å². The van der Waals surface area contributed by atoms with Crippen LogP contribution in [-0.2, 0) is 10.8 Å². The van der Waals surface area contributed by atoms with Gasteiger partial charge in [0.1, 0.15) is 11.6 Å². The Kier molecular flexibility index (Phi) is 4.89. The molecule has 0 spiro atoms. The molecule has 0 radical (unpaired) electrons. The Morgan fingerprint density at radius 3 is 2.81 bits per heavy atom. The number of rotatable bonds is 5. The van der Waals surface area contributed by atoms with Gasteiger partial charge in [0.05, 0.1) is 0 Å². The van der Waals surface area contributed by atoms with Crippen molar-refractivity contribution in [1.29, 1.82) is 0 Å². The lowest BCUT2D eigenvalue weighted by Gasteiger charge is -2.15. The number of phenolic OH excluding ortho intramolecular Hbond substituents is 1. The predicted octanol–water partition coefficient (Wildman–Crippen LogP) is 1.56. The highest BCUT2D eigenvalue weighted by atomic mass is 32.2.